The van der Waals surface area contributed by atoms with E-state index in [-0.39, 0.29) is 24.1 Å². The number of amides is 2. The average molecular weight is 422 g/mol. The number of piperazine rings is 1. The van der Waals surface area contributed by atoms with Gasteiger partial charge in [-0.15, -0.1) is 0 Å². The first-order chi connectivity index (χ1) is 15.1. The molecule has 0 bridgehead atoms. The smallest absolute Gasteiger partial charge is 0.237 e. The lowest BCUT2D eigenvalue weighted by Gasteiger charge is -2.36. The Bertz CT molecular complexity index is 943. The van der Waals surface area contributed by atoms with Gasteiger partial charge in [-0.25, -0.2) is 4.39 Å². The van der Waals surface area contributed by atoms with Gasteiger partial charge < -0.3 is 10.2 Å². The van der Waals surface area contributed by atoms with Crippen LogP contribution in [0.4, 0.5) is 4.39 Å². The lowest BCUT2D eigenvalue weighted by Crippen LogP contribution is -2.57. The molecule has 162 valence electrons. The zero-order valence-electron chi connectivity index (χ0n) is 17.6. The molecule has 0 aliphatic carbocycles. The van der Waals surface area contributed by atoms with E-state index >= 15 is 0 Å². The van der Waals surface area contributed by atoms with Crippen molar-refractivity contribution >= 4 is 17.4 Å². The number of rotatable bonds is 6. The highest BCUT2D eigenvalue weighted by Crippen LogP contribution is 2.23. The summed E-state index contributed by atoms with van der Waals surface area (Å²) in [5, 5.41) is 2.91. The van der Waals surface area contributed by atoms with Gasteiger partial charge in [0.05, 0.1) is 12.5 Å². The van der Waals surface area contributed by atoms with Crippen LogP contribution in [0.5, 0.6) is 0 Å². The van der Waals surface area contributed by atoms with E-state index in [4.69, 9.17) is 0 Å². The number of halogens is 1. The molecule has 2 aliphatic rings. The Labute approximate surface area is 182 Å². The van der Waals surface area contributed by atoms with Crippen molar-refractivity contribution in [3.63, 3.8) is 0 Å². The number of nitrogens with one attached hydrogen (secondary N) is 1. The molecule has 2 heterocycles. The van der Waals surface area contributed by atoms with Gasteiger partial charge in [0, 0.05) is 32.7 Å². The predicted molar refractivity (Wildman–Crippen MR) is 119 cm³/mol. The minimum Gasteiger partial charge on any atom is -0.353 e. The Morgan fingerprint density at radius 1 is 1.06 bits per heavy atom. The maximum absolute atomic E-state index is 13.2. The Morgan fingerprint density at radius 2 is 1.84 bits per heavy atom. The number of benzene rings is 2. The fourth-order valence-corrected chi connectivity index (χ4v) is 4.29. The molecule has 0 aromatic heterocycles. The van der Waals surface area contributed by atoms with Crippen LogP contribution in [0.1, 0.15) is 24.0 Å². The van der Waals surface area contributed by atoms with Gasteiger partial charge in [-0.1, -0.05) is 48.5 Å². The maximum atomic E-state index is 13.2. The van der Waals surface area contributed by atoms with E-state index in [0.717, 1.165) is 37.1 Å². The summed E-state index contributed by atoms with van der Waals surface area (Å²) in [5.41, 5.74) is 3.35. The molecule has 0 spiro atoms. The number of carbonyl (C=O) groups is 2. The molecule has 2 aliphatic heterocycles. The summed E-state index contributed by atoms with van der Waals surface area (Å²) in [6.45, 7) is 3.26. The molecule has 2 amide bonds. The minimum absolute atomic E-state index is 0.00108. The highest BCUT2D eigenvalue weighted by Gasteiger charge is 2.33. The molecular formula is C25H28FN3O2. The fourth-order valence-electron chi connectivity index (χ4n) is 4.29. The first kappa shape index (κ1) is 21.2. The summed E-state index contributed by atoms with van der Waals surface area (Å²) in [6.07, 6.45) is 3.81. The van der Waals surface area contributed by atoms with E-state index in [1.165, 1.54) is 17.7 Å². The normalized spacial score (nSPS) is 19.6. The topological polar surface area (TPSA) is 52.7 Å². The van der Waals surface area contributed by atoms with Gasteiger partial charge >= 0.3 is 0 Å². The van der Waals surface area contributed by atoms with Crippen molar-refractivity contribution < 1.29 is 14.0 Å². The van der Waals surface area contributed by atoms with Crippen molar-refractivity contribution in [1.82, 2.24) is 15.1 Å². The molecule has 4 rings (SSSR count). The van der Waals surface area contributed by atoms with Gasteiger partial charge in [0.1, 0.15) is 5.82 Å². The highest BCUT2D eigenvalue weighted by atomic mass is 19.1. The van der Waals surface area contributed by atoms with E-state index in [2.05, 4.69) is 22.3 Å². The van der Waals surface area contributed by atoms with Crippen LogP contribution in [0.15, 0.2) is 60.7 Å². The van der Waals surface area contributed by atoms with Crippen molar-refractivity contribution in [2.75, 3.05) is 32.7 Å². The molecule has 0 saturated carbocycles. The van der Waals surface area contributed by atoms with Crippen LogP contribution in [0.2, 0.25) is 0 Å². The van der Waals surface area contributed by atoms with Gasteiger partial charge in [-0.05, 0) is 41.7 Å². The van der Waals surface area contributed by atoms with E-state index in [1.807, 2.05) is 29.2 Å². The van der Waals surface area contributed by atoms with Crippen LogP contribution in [0.25, 0.3) is 5.57 Å². The Kier molecular flexibility index (Phi) is 6.77. The molecular weight excluding hydrogens is 393 g/mol. The molecule has 5 nitrogen and oxygen atoms in total. The molecule has 2 aromatic carbocycles. The lowest BCUT2D eigenvalue weighted by molar-refractivity contribution is -0.138. The zero-order chi connectivity index (χ0) is 21.6. The zero-order valence-corrected chi connectivity index (χ0v) is 17.6. The van der Waals surface area contributed by atoms with Crippen LogP contribution in [0, 0.1) is 5.82 Å². The monoisotopic (exact) mass is 421 g/mol. The molecule has 1 unspecified atom stereocenters. The third kappa shape index (κ3) is 5.39. The summed E-state index contributed by atoms with van der Waals surface area (Å²) < 4.78 is 13.2. The van der Waals surface area contributed by atoms with Crippen LogP contribution in [-0.4, -0.2) is 60.4 Å². The largest absolute Gasteiger partial charge is 0.353 e. The number of hydrogen-bond acceptors (Lipinski definition) is 3. The van der Waals surface area contributed by atoms with Crippen LogP contribution < -0.4 is 5.32 Å². The van der Waals surface area contributed by atoms with Crippen molar-refractivity contribution in [3.05, 3.63) is 77.6 Å². The Balaban J connectivity index is 1.35. The van der Waals surface area contributed by atoms with Crippen molar-refractivity contribution in [2.45, 2.75) is 25.3 Å². The molecule has 2 aromatic rings. The third-order valence-corrected chi connectivity index (χ3v) is 6.12. The van der Waals surface area contributed by atoms with Crippen molar-refractivity contribution in [2.24, 2.45) is 0 Å². The second-order valence-electron chi connectivity index (χ2n) is 8.11. The SMILES string of the molecule is O=C1NCCN(CCc2ccccc2)C1CC(=O)N1CC=C(c2ccc(F)cc2)CC1. The lowest BCUT2D eigenvalue weighted by atomic mass is 9.99. The summed E-state index contributed by atoms with van der Waals surface area (Å²) in [5.74, 6) is -0.312. The van der Waals surface area contributed by atoms with E-state index < -0.39 is 6.04 Å². The van der Waals surface area contributed by atoms with Crippen LogP contribution >= 0.6 is 0 Å². The van der Waals surface area contributed by atoms with Gasteiger partial charge in [0.25, 0.3) is 0 Å². The van der Waals surface area contributed by atoms with Gasteiger partial charge in [-0.3, -0.25) is 14.5 Å². The predicted octanol–water partition coefficient (Wildman–Crippen LogP) is 2.87. The number of nitrogens with zero attached hydrogens (tertiary/aromatic N) is 2. The molecule has 1 fully saturated rings. The van der Waals surface area contributed by atoms with E-state index in [0.29, 0.717) is 19.6 Å². The highest BCUT2D eigenvalue weighted by molar-refractivity contribution is 5.89. The standard InChI is InChI=1S/C25H28FN3O2/c26-22-8-6-20(7-9-22)21-11-15-29(16-12-21)24(30)18-23-25(31)27-13-17-28(23)14-10-19-4-2-1-3-5-19/h1-9,11,23H,10,12-18H2,(H,27,31). The quantitative estimate of drug-likeness (QED) is 0.781. The summed E-state index contributed by atoms with van der Waals surface area (Å²) in [7, 11) is 0. The third-order valence-electron chi connectivity index (χ3n) is 6.12. The van der Waals surface area contributed by atoms with E-state index in [9.17, 15) is 14.0 Å². The summed E-state index contributed by atoms with van der Waals surface area (Å²) >= 11 is 0. The molecule has 6 heteroatoms. The Morgan fingerprint density at radius 3 is 2.55 bits per heavy atom. The summed E-state index contributed by atoms with van der Waals surface area (Å²) in [4.78, 5) is 29.4. The van der Waals surface area contributed by atoms with Gasteiger partial charge in [0.2, 0.25) is 11.8 Å². The van der Waals surface area contributed by atoms with Crippen LogP contribution in [0.3, 0.4) is 0 Å². The first-order valence-electron chi connectivity index (χ1n) is 10.9. The maximum Gasteiger partial charge on any atom is 0.237 e. The molecule has 0 radical (unpaired) electrons. The molecule has 1 N–H and O–H groups in total. The van der Waals surface area contributed by atoms with Crippen molar-refractivity contribution in [1.29, 1.82) is 0 Å². The first-order valence-corrected chi connectivity index (χ1v) is 10.9. The minimum atomic E-state index is -0.424. The van der Waals surface area contributed by atoms with Crippen LogP contribution in [-0.2, 0) is 16.0 Å². The second-order valence-corrected chi connectivity index (χ2v) is 8.11. The fraction of sp³-hybridized carbons (Fsp3) is 0.360. The van der Waals surface area contributed by atoms with Crippen molar-refractivity contribution in [3.8, 4) is 0 Å². The second kappa shape index (κ2) is 9.88. The number of carbonyl (C=O) groups excluding carboxylic acids is 2. The van der Waals surface area contributed by atoms with Gasteiger partial charge in [-0.2, -0.15) is 0 Å². The summed E-state index contributed by atoms with van der Waals surface area (Å²) in [6, 6.07) is 16.2. The number of hydrogen-bond donors (Lipinski definition) is 1. The molecule has 1 saturated heterocycles. The average Bonchev–Trinajstić information content (AvgIpc) is 2.81. The van der Waals surface area contributed by atoms with Gasteiger partial charge in [0.15, 0.2) is 0 Å². The Hall–Kier alpha value is -2.99. The molecule has 31 heavy (non-hydrogen) atoms. The molecule has 1 atom stereocenters. The van der Waals surface area contributed by atoms with E-state index in [1.54, 1.807) is 12.1 Å².